The molecule has 2 fully saturated rings. The highest BCUT2D eigenvalue weighted by Gasteiger charge is 2.41. The number of aromatic nitrogens is 2. The number of ether oxygens (including phenoxy) is 2. The molecule has 3 heterocycles. The van der Waals surface area contributed by atoms with Crippen molar-refractivity contribution in [3.8, 4) is 0 Å². The van der Waals surface area contributed by atoms with Crippen LogP contribution >= 0.6 is 0 Å². The monoisotopic (exact) mass is 294 g/mol. The predicted molar refractivity (Wildman–Crippen MR) is 75.6 cm³/mol. The van der Waals surface area contributed by atoms with Gasteiger partial charge in [-0.2, -0.15) is 5.10 Å². The van der Waals surface area contributed by atoms with Crippen LogP contribution in [0.15, 0.2) is 12.4 Å². The molecule has 1 aromatic rings. The summed E-state index contributed by atoms with van der Waals surface area (Å²) in [7, 11) is 3.74. The Balaban J connectivity index is 1.70. The van der Waals surface area contributed by atoms with Crippen LogP contribution in [0.4, 0.5) is 0 Å². The van der Waals surface area contributed by atoms with E-state index in [1.165, 1.54) is 5.56 Å². The van der Waals surface area contributed by atoms with E-state index in [1.807, 2.05) is 31.2 Å². The molecule has 3 rings (SSSR count). The molecule has 7 nitrogen and oxygen atoms in total. The summed E-state index contributed by atoms with van der Waals surface area (Å²) in [5.41, 5.74) is 0.760. The number of aryl methyl sites for hydroxylation is 1. The summed E-state index contributed by atoms with van der Waals surface area (Å²) in [6.45, 7) is 4.38. The molecule has 2 saturated heterocycles. The van der Waals surface area contributed by atoms with E-state index < -0.39 is 5.60 Å². The first-order valence-corrected chi connectivity index (χ1v) is 7.22. The Morgan fingerprint density at radius 1 is 1.38 bits per heavy atom. The van der Waals surface area contributed by atoms with Gasteiger partial charge < -0.3 is 14.4 Å². The van der Waals surface area contributed by atoms with Crippen LogP contribution in [-0.2, 0) is 27.9 Å². The second kappa shape index (κ2) is 5.75. The number of carbonyl (C=O) groups excluding carboxylic acids is 1. The number of carbonyl (C=O) groups is 1. The van der Waals surface area contributed by atoms with Crippen LogP contribution in [0.25, 0.3) is 0 Å². The molecule has 7 heteroatoms. The first-order chi connectivity index (χ1) is 10.1. The molecule has 1 amide bonds. The highest BCUT2D eigenvalue weighted by atomic mass is 16.6. The van der Waals surface area contributed by atoms with Crippen molar-refractivity contribution in [1.29, 1.82) is 0 Å². The lowest BCUT2D eigenvalue weighted by molar-refractivity contribution is -0.170. The maximum Gasteiger partial charge on any atom is 0.248 e. The number of nitrogens with zero attached hydrogens (tertiary/aromatic N) is 4. The topological polar surface area (TPSA) is 59.8 Å². The van der Waals surface area contributed by atoms with Gasteiger partial charge in [0, 0.05) is 45.5 Å². The molecule has 1 spiro atoms. The van der Waals surface area contributed by atoms with Crippen molar-refractivity contribution in [2.75, 3.05) is 46.5 Å². The second-order valence-electron chi connectivity index (χ2n) is 6.01. The molecule has 0 N–H and O–H groups in total. The zero-order valence-corrected chi connectivity index (χ0v) is 12.6. The third-order valence-electron chi connectivity index (χ3n) is 4.05. The third-order valence-corrected chi connectivity index (χ3v) is 4.05. The molecular weight excluding hydrogens is 272 g/mol. The summed E-state index contributed by atoms with van der Waals surface area (Å²) in [6.07, 6.45) is 3.91. The molecule has 1 aromatic heterocycles. The van der Waals surface area contributed by atoms with E-state index in [2.05, 4.69) is 10.00 Å². The molecule has 0 radical (unpaired) electrons. The standard InChI is InChI=1S/C14H22N4O3/c1-16-9-14(21-8-13(16)19)10-18(3-4-20-11-14)7-12-5-15-17(2)6-12/h5-6H,3-4,7-11H2,1-2H3/t14-/m1/s1. The van der Waals surface area contributed by atoms with E-state index in [0.717, 1.165) is 19.6 Å². The largest absolute Gasteiger partial charge is 0.377 e. The van der Waals surface area contributed by atoms with Crippen LogP contribution in [0.1, 0.15) is 5.56 Å². The predicted octanol–water partition coefficient (Wildman–Crippen LogP) is -0.520. The first-order valence-electron chi connectivity index (χ1n) is 7.22. The number of rotatable bonds is 2. The van der Waals surface area contributed by atoms with Gasteiger partial charge in [-0.1, -0.05) is 0 Å². The molecule has 0 bridgehead atoms. The lowest BCUT2D eigenvalue weighted by atomic mass is 10.0. The summed E-state index contributed by atoms with van der Waals surface area (Å²) in [5, 5.41) is 4.21. The summed E-state index contributed by atoms with van der Waals surface area (Å²) in [5.74, 6) is 0.0312. The maximum absolute atomic E-state index is 11.6. The lowest BCUT2D eigenvalue weighted by Crippen LogP contribution is -2.59. The van der Waals surface area contributed by atoms with Crippen LogP contribution in [0.3, 0.4) is 0 Å². The Bertz CT molecular complexity index is 518. The van der Waals surface area contributed by atoms with Gasteiger partial charge in [-0.15, -0.1) is 0 Å². The first kappa shape index (κ1) is 14.5. The molecule has 116 valence electrons. The fourth-order valence-electron chi connectivity index (χ4n) is 3.00. The van der Waals surface area contributed by atoms with Gasteiger partial charge in [0.15, 0.2) is 0 Å². The summed E-state index contributed by atoms with van der Waals surface area (Å²) < 4.78 is 13.4. The van der Waals surface area contributed by atoms with E-state index in [4.69, 9.17) is 9.47 Å². The van der Waals surface area contributed by atoms with Crippen LogP contribution in [-0.4, -0.2) is 77.6 Å². The maximum atomic E-state index is 11.6. The van der Waals surface area contributed by atoms with Crippen molar-refractivity contribution in [2.45, 2.75) is 12.1 Å². The Morgan fingerprint density at radius 2 is 2.24 bits per heavy atom. The van der Waals surface area contributed by atoms with E-state index in [0.29, 0.717) is 19.8 Å². The van der Waals surface area contributed by atoms with Gasteiger partial charge in [-0.25, -0.2) is 0 Å². The number of hydrogen-bond donors (Lipinski definition) is 0. The fourth-order valence-corrected chi connectivity index (χ4v) is 3.00. The molecule has 0 unspecified atom stereocenters. The Kier molecular flexibility index (Phi) is 3.97. The average Bonchev–Trinajstić information content (AvgIpc) is 2.74. The quantitative estimate of drug-likeness (QED) is 0.734. The minimum absolute atomic E-state index is 0.0312. The zero-order valence-electron chi connectivity index (χ0n) is 12.6. The van der Waals surface area contributed by atoms with Gasteiger partial charge in [0.2, 0.25) is 5.91 Å². The zero-order chi connectivity index (χ0) is 14.9. The van der Waals surface area contributed by atoms with Crippen molar-refractivity contribution in [3.63, 3.8) is 0 Å². The van der Waals surface area contributed by atoms with Crippen molar-refractivity contribution in [3.05, 3.63) is 18.0 Å². The molecule has 2 aliphatic heterocycles. The van der Waals surface area contributed by atoms with Crippen molar-refractivity contribution < 1.29 is 14.3 Å². The normalized spacial score (nSPS) is 28.1. The van der Waals surface area contributed by atoms with Crippen molar-refractivity contribution in [2.24, 2.45) is 7.05 Å². The fraction of sp³-hybridized carbons (Fsp3) is 0.714. The number of amides is 1. The molecule has 0 aliphatic carbocycles. The second-order valence-corrected chi connectivity index (χ2v) is 6.01. The molecule has 1 atom stereocenters. The summed E-state index contributed by atoms with van der Waals surface area (Å²) in [6, 6.07) is 0. The van der Waals surface area contributed by atoms with Crippen LogP contribution in [0.5, 0.6) is 0 Å². The minimum Gasteiger partial charge on any atom is -0.377 e. The summed E-state index contributed by atoms with van der Waals surface area (Å²) >= 11 is 0. The van der Waals surface area contributed by atoms with Gasteiger partial charge in [0.25, 0.3) is 0 Å². The number of likely N-dealkylation sites (N-methyl/N-ethyl adjacent to an activating group) is 1. The van der Waals surface area contributed by atoms with Crippen molar-refractivity contribution in [1.82, 2.24) is 19.6 Å². The van der Waals surface area contributed by atoms with E-state index in [1.54, 1.807) is 4.90 Å². The van der Waals surface area contributed by atoms with Gasteiger partial charge >= 0.3 is 0 Å². The Hall–Kier alpha value is -1.44. The molecule has 0 aromatic carbocycles. The van der Waals surface area contributed by atoms with E-state index in [9.17, 15) is 4.79 Å². The molecule has 0 saturated carbocycles. The molecule has 21 heavy (non-hydrogen) atoms. The van der Waals surface area contributed by atoms with Gasteiger partial charge in [-0.05, 0) is 0 Å². The number of morpholine rings is 1. The SMILES string of the molecule is CN1C[C@@]2(COCCN(Cc3cnn(C)c3)C2)OCC1=O. The summed E-state index contributed by atoms with van der Waals surface area (Å²) in [4.78, 5) is 15.7. The Labute approximate surface area is 124 Å². The highest BCUT2D eigenvalue weighted by molar-refractivity contribution is 5.78. The smallest absolute Gasteiger partial charge is 0.248 e. The third kappa shape index (κ3) is 3.25. The lowest BCUT2D eigenvalue weighted by Gasteiger charge is -2.41. The average molecular weight is 294 g/mol. The van der Waals surface area contributed by atoms with Gasteiger partial charge in [0.05, 0.1) is 26.0 Å². The van der Waals surface area contributed by atoms with E-state index in [-0.39, 0.29) is 12.5 Å². The van der Waals surface area contributed by atoms with Gasteiger partial charge in [0.1, 0.15) is 12.2 Å². The molecule has 2 aliphatic rings. The van der Waals surface area contributed by atoms with Crippen LogP contribution in [0, 0.1) is 0 Å². The van der Waals surface area contributed by atoms with Crippen LogP contribution in [0.2, 0.25) is 0 Å². The minimum atomic E-state index is -0.415. The Morgan fingerprint density at radius 3 is 2.95 bits per heavy atom. The van der Waals surface area contributed by atoms with Crippen molar-refractivity contribution >= 4 is 5.91 Å². The molecular formula is C14H22N4O3. The highest BCUT2D eigenvalue weighted by Crippen LogP contribution is 2.23. The van der Waals surface area contributed by atoms with Gasteiger partial charge in [-0.3, -0.25) is 14.4 Å². The van der Waals surface area contributed by atoms with E-state index >= 15 is 0 Å². The van der Waals surface area contributed by atoms with Crippen LogP contribution < -0.4 is 0 Å². The number of hydrogen-bond acceptors (Lipinski definition) is 5.